The SMILES string of the molecule is CN[C@@H](C)C(=O)N[C@H](C(=O)N1C[C@@H](Oc2cccc(OCCCCCCOCCCCCOCCCCC(=O)N[C@H](C(=O)N3C[C@H](O)C[C@H]3C(=O)NCc3ccc(-c4scnc4C)cc3)C(C)(C)C)c2)C[C@H]1C(=O)N[C@@H]1CCCc2ccccc21)C1CCCCC1. The van der Waals surface area contributed by atoms with Crippen molar-refractivity contribution in [3.8, 4) is 21.9 Å². The van der Waals surface area contributed by atoms with Gasteiger partial charge in [-0.2, -0.15) is 0 Å². The Morgan fingerprint density at radius 1 is 0.714 bits per heavy atom. The van der Waals surface area contributed by atoms with Crippen LogP contribution in [-0.4, -0.2) is 151 Å². The lowest BCUT2D eigenvalue weighted by molar-refractivity contribution is -0.144. The summed E-state index contributed by atoms with van der Waals surface area (Å²) in [5.41, 5.74) is 6.49. The molecule has 8 rings (SSSR count). The second kappa shape index (κ2) is 35.6. The van der Waals surface area contributed by atoms with Gasteiger partial charge in [0.15, 0.2) is 0 Å². The number of likely N-dealkylation sites (N-methyl/N-ethyl adjacent to an activating group) is 1. The van der Waals surface area contributed by atoms with E-state index in [0.717, 1.165) is 124 Å². The first kappa shape index (κ1) is 70.4. The number of hydrogen-bond acceptors (Lipinski definition) is 14. The minimum absolute atomic E-state index is 0.0142. The molecule has 0 radical (unpaired) electrons. The number of nitrogens with zero attached hydrogens (tertiary/aromatic N) is 3. The van der Waals surface area contributed by atoms with Gasteiger partial charge in [0.1, 0.15) is 41.8 Å². The predicted octanol–water partition coefficient (Wildman–Crippen LogP) is 9.46. The van der Waals surface area contributed by atoms with Crippen molar-refractivity contribution in [3.63, 3.8) is 0 Å². The van der Waals surface area contributed by atoms with Gasteiger partial charge in [0.05, 0.1) is 47.4 Å². The molecule has 8 atom stereocenters. The van der Waals surface area contributed by atoms with Gasteiger partial charge in [0.2, 0.25) is 35.4 Å². The average molecular weight is 1280 g/mol. The normalized spacial score (nSPS) is 20.3. The number of carbonyl (C=O) groups is 6. The molecule has 91 heavy (non-hydrogen) atoms. The van der Waals surface area contributed by atoms with E-state index in [4.69, 9.17) is 18.9 Å². The fraction of sp³-hybridized carbons (Fsp3) is 0.620. The molecule has 3 fully saturated rings. The van der Waals surface area contributed by atoms with Gasteiger partial charge in [-0.15, -0.1) is 11.3 Å². The quantitative estimate of drug-likeness (QED) is 0.0239. The van der Waals surface area contributed by atoms with Crippen molar-refractivity contribution in [2.45, 2.75) is 218 Å². The fourth-order valence-electron chi connectivity index (χ4n) is 13.0. The van der Waals surface area contributed by atoms with Crippen molar-refractivity contribution < 1.29 is 52.8 Å². The van der Waals surface area contributed by atoms with E-state index >= 15 is 0 Å². The van der Waals surface area contributed by atoms with Crippen LogP contribution < -0.4 is 36.1 Å². The molecule has 0 unspecified atom stereocenters. The lowest BCUT2D eigenvalue weighted by Crippen LogP contribution is -2.58. The number of aromatic nitrogens is 1. The lowest BCUT2D eigenvalue weighted by Gasteiger charge is -2.35. The minimum atomic E-state index is -0.876. The molecule has 20 heteroatoms. The van der Waals surface area contributed by atoms with Crippen LogP contribution in [0.25, 0.3) is 10.4 Å². The molecule has 3 heterocycles. The maximum absolute atomic E-state index is 14.8. The number of aliphatic hydroxyl groups excluding tert-OH is 1. The second-order valence-corrected chi connectivity index (χ2v) is 27.3. The number of carbonyl (C=O) groups excluding carboxylic acids is 6. The molecule has 4 aromatic rings. The molecule has 1 saturated carbocycles. The molecule has 0 spiro atoms. The standard InChI is InChI=1S/C71H102N8O11S/c1-48-64(91-47-74-48)53-34-32-50(33-35-53)44-73-67(83)60-41-54(80)45-78(60)70(86)65(71(3,4)5)76-62(81)31-15-20-39-88-38-18-10-17-37-87-36-16-7-8-19-40-89-55-27-22-28-56(42-55)90-57-43-61(68(84)75-59-30-21-26-51-23-13-14-29-58(51)59)79(46-57)69(85)63(52-24-11-9-12-25-52)77-66(82)49(2)72-6/h13-14,22-23,27-29,32-35,42,47,49,52,54,57,59-61,63,65,72,80H,7-12,15-21,24-26,30-31,36-41,43-46H2,1-6H3,(H,73,83)(H,75,84)(H,76,81)(H,77,82)/t49-,54+,57-,59+,60-,61-,63-,65+/m0/s1. The van der Waals surface area contributed by atoms with E-state index in [9.17, 15) is 33.9 Å². The number of aryl methyl sites for hydroxylation is 2. The maximum atomic E-state index is 14.8. The Kier molecular flexibility index (Phi) is 27.5. The monoisotopic (exact) mass is 1270 g/mol. The van der Waals surface area contributed by atoms with E-state index in [-0.39, 0.29) is 79.9 Å². The Balaban J connectivity index is 0.666. The maximum Gasteiger partial charge on any atom is 0.246 e. The zero-order valence-corrected chi connectivity index (χ0v) is 55.6. The molecule has 498 valence electrons. The molecule has 0 bridgehead atoms. The van der Waals surface area contributed by atoms with E-state index < -0.39 is 47.8 Å². The van der Waals surface area contributed by atoms with Crippen LogP contribution in [0.2, 0.25) is 0 Å². The molecule has 1 aromatic heterocycles. The Hall–Kier alpha value is -6.45. The van der Waals surface area contributed by atoms with Crippen molar-refractivity contribution >= 4 is 46.8 Å². The van der Waals surface area contributed by atoms with Crippen LogP contribution in [0.3, 0.4) is 0 Å². The summed E-state index contributed by atoms with van der Waals surface area (Å²) in [5.74, 6) is -0.325. The summed E-state index contributed by atoms with van der Waals surface area (Å²) in [6, 6.07) is 19.9. The molecule has 2 saturated heterocycles. The van der Waals surface area contributed by atoms with Crippen molar-refractivity contribution in [1.82, 2.24) is 41.4 Å². The number of nitrogens with one attached hydrogen (secondary N) is 5. The van der Waals surface area contributed by atoms with E-state index in [1.165, 1.54) is 10.5 Å². The van der Waals surface area contributed by atoms with Gasteiger partial charge < -0.3 is 60.4 Å². The highest BCUT2D eigenvalue weighted by atomic mass is 32.1. The Labute approximate surface area is 543 Å². The van der Waals surface area contributed by atoms with Gasteiger partial charge in [-0.25, -0.2) is 4.98 Å². The smallest absolute Gasteiger partial charge is 0.246 e. The number of rotatable bonds is 34. The van der Waals surface area contributed by atoms with Crippen LogP contribution >= 0.6 is 11.3 Å². The third-order valence-corrected chi connectivity index (χ3v) is 19.3. The third-order valence-electron chi connectivity index (χ3n) is 18.3. The molecule has 2 aliphatic heterocycles. The van der Waals surface area contributed by atoms with E-state index in [1.54, 1.807) is 30.2 Å². The zero-order chi connectivity index (χ0) is 64.7. The average Bonchev–Trinajstić information content (AvgIpc) is 1.98. The summed E-state index contributed by atoms with van der Waals surface area (Å²) in [7, 11) is 1.73. The number of amides is 6. The number of ether oxygens (including phenoxy) is 4. The Morgan fingerprint density at radius 2 is 1.37 bits per heavy atom. The van der Waals surface area contributed by atoms with Crippen LogP contribution in [0.15, 0.2) is 78.3 Å². The third kappa shape index (κ3) is 21.0. The number of β-amino-alcohol motifs (C(OH)–C–C–N with tert-alkyl or cyclic N) is 1. The largest absolute Gasteiger partial charge is 0.493 e. The number of thiazole rings is 1. The number of unbranched alkanes of at least 4 members (excludes halogenated alkanes) is 6. The van der Waals surface area contributed by atoms with Crippen LogP contribution in [0.4, 0.5) is 0 Å². The van der Waals surface area contributed by atoms with Gasteiger partial charge in [-0.05, 0) is 150 Å². The summed E-state index contributed by atoms with van der Waals surface area (Å²) in [6.45, 7) is 13.1. The van der Waals surface area contributed by atoms with Gasteiger partial charge in [0.25, 0.3) is 0 Å². The fourth-order valence-corrected chi connectivity index (χ4v) is 13.8. The first-order chi connectivity index (χ1) is 44.0. The number of benzene rings is 3. The second-order valence-electron chi connectivity index (χ2n) is 26.5. The van der Waals surface area contributed by atoms with Crippen molar-refractivity contribution in [3.05, 3.63) is 101 Å². The van der Waals surface area contributed by atoms with E-state index in [2.05, 4.69) is 43.7 Å². The number of hydrogen-bond donors (Lipinski definition) is 6. The number of fused-ring (bicyclic) bond motifs is 1. The number of likely N-dealkylation sites (tertiary alicyclic amines) is 2. The minimum Gasteiger partial charge on any atom is -0.493 e. The van der Waals surface area contributed by atoms with Gasteiger partial charge in [-0.3, -0.25) is 28.8 Å². The van der Waals surface area contributed by atoms with Crippen LogP contribution in [-0.2, 0) is 51.2 Å². The van der Waals surface area contributed by atoms with Crippen molar-refractivity contribution in [2.24, 2.45) is 11.3 Å². The highest BCUT2D eigenvalue weighted by Gasteiger charge is 2.47. The zero-order valence-electron chi connectivity index (χ0n) is 54.8. The molecule has 6 N–H and O–H groups in total. The number of aliphatic hydroxyl groups is 1. The molecular formula is C71H102N8O11S. The summed E-state index contributed by atoms with van der Waals surface area (Å²) in [5, 5.41) is 26.0. The van der Waals surface area contributed by atoms with Gasteiger partial charge in [0, 0.05) is 64.8 Å². The van der Waals surface area contributed by atoms with Crippen LogP contribution in [0.5, 0.6) is 11.5 Å². The van der Waals surface area contributed by atoms with Crippen LogP contribution in [0, 0.1) is 18.3 Å². The molecule has 19 nitrogen and oxygen atoms in total. The van der Waals surface area contributed by atoms with Gasteiger partial charge >= 0.3 is 0 Å². The van der Waals surface area contributed by atoms with E-state index in [0.29, 0.717) is 63.8 Å². The first-order valence-corrected chi connectivity index (χ1v) is 34.6. The summed E-state index contributed by atoms with van der Waals surface area (Å²) >= 11 is 1.58. The topological polar surface area (TPSA) is 239 Å². The molecule has 2 aliphatic carbocycles. The highest BCUT2D eigenvalue weighted by molar-refractivity contribution is 7.13. The summed E-state index contributed by atoms with van der Waals surface area (Å²) in [6.07, 6.45) is 15.1. The first-order valence-electron chi connectivity index (χ1n) is 33.7. The van der Waals surface area contributed by atoms with Crippen LogP contribution in [0.1, 0.15) is 178 Å². The van der Waals surface area contributed by atoms with Crippen molar-refractivity contribution in [1.29, 1.82) is 0 Å². The van der Waals surface area contributed by atoms with Gasteiger partial charge in [-0.1, -0.05) is 101 Å². The molecule has 4 aliphatic rings. The molecule has 3 aromatic carbocycles. The lowest BCUT2D eigenvalue weighted by atomic mass is 9.83. The molecule has 6 amide bonds. The Bertz CT molecular complexity index is 2970. The highest BCUT2D eigenvalue weighted by Crippen LogP contribution is 2.35. The molecular weight excluding hydrogens is 1170 g/mol. The van der Waals surface area contributed by atoms with Crippen molar-refractivity contribution in [2.75, 3.05) is 53.2 Å². The predicted molar refractivity (Wildman–Crippen MR) is 353 cm³/mol. The summed E-state index contributed by atoms with van der Waals surface area (Å²) in [4.78, 5) is 91.9. The Morgan fingerprint density at radius 3 is 2.07 bits per heavy atom. The summed E-state index contributed by atoms with van der Waals surface area (Å²) < 4.78 is 24.5. The van der Waals surface area contributed by atoms with E-state index in [1.807, 2.05) is 93.9 Å².